The molecule has 1 N–H and O–H groups in total. The van der Waals surface area contributed by atoms with Crippen molar-refractivity contribution in [3.8, 4) is 0 Å². The van der Waals surface area contributed by atoms with Gasteiger partial charge in [0.15, 0.2) is 0 Å². The SMILES string of the molecule is Cc1cc(S(=O)(=O)N[C@H]2CCCn3ncnc32)sc1Br. The van der Waals surface area contributed by atoms with Gasteiger partial charge in [0.2, 0.25) is 0 Å². The zero-order valence-corrected chi connectivity index (χ0v) is 13.9. The summed E-state index contributed by atoms with van der Waals surface area (Å²) in [7, 11) is -3.52. The molecular weight excluding hydrogens is 364 g/mol. The average molecular weight is 377 g/mol. The fraction of sp³-hybridized carbons (Fsp3) is 0.455. The van der Waals surface area contributed by atoms with Crippen molar-refractivity contribution in [2.24, 2.45) is 0 Å². The van der Waals surface area contributed by atoms with E-state index < -0.39 is 10.0 Å². The highest BCUT2D eigenvalue weighted by atomic mass is 79.9. The van der Waals surface area contributed by atoms with Crippen LogP contribution in [0.4, 0.5) is 0 Å². The van der Waals surface area contributed by atoms with Gasteiger partial charge in [-0.2, -0.15) is 9.82 Å². The van der Waals surface area contributed by atoms with Crippen LogP contribution >= 0.6 is 27.3 Å². The molecule has 9 heteroatoms. The van der Waals surface area contributed by atoms with E-state index in [9.17, 15) is 8.42 Å². The molecule has 20 heavy (non-hydrogen) atoms. The molecule has 6 nitrogen and oxygen atoms in total. The van der Waals surface area contributed by atoms with E-state index in [-0.39, 0.29) is 6.04 Å². The first-order valence-corrected chi connectivity index (χ1v) is 9.22. The number of sulfonamides is 1. The fourth-order valence-corrected chi connectivity index (χ4v) is 5.68. The lowest BCUT2D eigenvalue weighted by atomic mass is 10.1. The van der Waals surface area contributed by atoms with Gasteiger partial charge in [0.1, 0.15) is 16.4 Å². The zero-order valence-electron chi connectivity index (χ0n) is 10.7. The second-order valence-electron chi connectivity index (χ2n) is 4.68. The summed E-state index contributed by atoms with van der Waals surface area (Å²) in [4.78, 5) is 4.16. The minimum atomic E-state index is -3.52. The van der Waals surface area contributed by atoms with Crippen LogP contribution in [0, 0.1) is 6.92 Å². The zero-order chi connectivity index (χ0) is 14.3. The molecule has 1 aliphatic heterocycles. The van der Waals surface area contributed by atoms with Gasteiger partial charge in [0.05, 0.1) is 9.83 Å². The molecular formula is C11H13BrN4O2S2. The smallest absolute Gasteiger partial charge is 0.248 e. The normalized spacial score (nSPS) is 19.0. The van der Waals surface area contributed by atoms with Crippen LogP contribution in [0.3, 0.4) is 0 Å². The van der Waals surface area contributed by atoms with E-state index in [2.05, 4.69) is 30.7 Å². The molecule has 0 unspecified atom stereocenters. The highest BCUT2D eigenvalue weighted by Crippen LogP contribution is 2.32. The molecule has 0 amide bonds. The molecule has 108 valence electrons. The third-order valence-electron chi connectivity index (χ3n) is 3.22. The molecule has 0 saturated heterocycles. The predicted octanol–water partition coefficient (Wildman–Crippen LogP) is 2.22. The van der Waals surface area contributed by atoms with Gasteiger partial charge in [-0.3, -0.25) is 0 Å². The summed E-state index contributed by atoms with van der Waals surface area (Å²) in [5.41, 5.74) is 0.919. The van der Waals surface area contributed by atoms with Crippen molar-refractivity contribution in [3.63, 3.8) is 0 Å². The summed E-state index contributed by atoms with van der Waals surface area (Å²) in [5, 5.41) is 4.09. The monoisotopic (exact) mass is 376 g/mol. The van der Waals surface area contributed by atoms with Crippen molar-refractivity contribution in [1.82, 2.24) is 19.5 Å². The van der Waals surface area contributed by atoms with Crippen LogP contribution in [0.2, 0.25) is 0 Å². The number of hydrogen-bond donors (Lipinski definition) is 1. The van der Waals surface area contributed by atoms with Crippen molar-refractivity contribution >= 4 is 37.3 Å². The van der Waals surface area contributed by atoms with Gasteiger partial charge < -0.3 is 0 Å². The highest BCUT2D eigenvalue weighted by Gasteiger charge is 2.28. The highest BCUT2D eigenvalue weighted by molar-refractivity contribution is 9.11. The number of nitrogens with zero attached hydrogens (tertiary/aromatic N) is 3. The molecule has 0 aliphatic carbocycles. The first kappa shape index (κ1) is 14.2. The minimum absolute atomic E-state index is 0.308. The predicted molar refractivity (Wildman–Crippen MR) is 79.1 cm³/mol. The molecule has 0 fully saturated rings. The van der Waals surface area contributed by atoms with Gasteiger partial charge in [-0.05, 0) is 47.3 Å². The first-order chi connectivity index (χ1) is 9.47. The van der Waals surface area contributed by atoms with Crippen molar-refractivity contribution in [1.29, 1.82) is 0 Å². The molecule has 0 bridgehead atoms. The van der Waals surface area contributed by atoms with Crippen LogP contribution < -0.4 is 4.72 Å². The third-order valence-corrected chi connectivity index (χ3v) is 7.30. The molecule has 0 saturated carbocycles. The molecule has 0 spiro atoms. The van der Waals surface area contributed by atoms with Gasteiger partial charge in [-0.1, -0.05) is 0 Å². The van der Waals surface area contributed by atoms with E-state index in [1.165, 1.54) is 17.7 Å². The van der Waals surface area contributed by atoms with Gasteiger partial charge in [0, 0.05) is 6.54 Å². The Morgan fingerprint density at radius 3 is 3.05 bits per heavy atom. The van der Waals surface area contributed by atoms with Gasteiger partial charge in [0.25, 0.3) is 10.0 Å². The number of halogens is 1. The number of thiophene rings is 1. The summed E-state index contributed by atoms with van der Waals surface area (Å²) in [5.74, 6) is 0.687. The fourth-order valence-electron chi connectivity index (χ4n) is 2.21. The Labute approximate surface area is 129 Å². The minimum Gasteiger partial charge on any atom is -0.248 e. The maximum atomic E-state index is 12.4. The molecule has 2 aromatic heterocycles. The number of aryl methyl sites for hydroxylation is 2. The lowest BCUT2D eigenvalue weighted by molar-refractivity contribution is 0.400. The van der Waals surface area contributed by atoms with E-state index >= 15 is 0 Å². The van der Waals surface area contributed by atoms with Gasteiger partial charge in [-0.25, -0.2) is 18.1 Å². The summed E-state index contributed by atoms with van der Waals surface area (Å²) < 4.78 is 30.5. The quantitative estimate of drug-likeness (QED) is 0.890. The van der Waals surface area contributed by atoms with Crippen LogP contribution in [-0.2, 0) is 16.6 Å². The Hall–Kier alpha value is -0.770. The lowest BCUT2D eigenvalue weighted by Crippen LogP contribution is -2.33. The van der Waals surface area contributed by atoms with Crippen LogP contribution in [0.1, 0.15) is 30.3 Å². The molecule has 3 heterocycles. The first-order valence-electron chi connectivity index (χ1n) is 6.13. The van der Waals surface area contributed by atoms with Crippen molar-refractivity contribution in [2.75, 3.05) is 0 Å². The van der Waals surface area contributed by atoms with E-state index in [1.54, 1.807) is 10.7 Å². The van der Waals surface area contributed by atoms with Gasteiger partial charge >= 0.3 is 0 Å². The average Bonchev–Trinajstić information content (AvgIpc) is 2.98. The Morgan fingerprint density at radius 1 is 1.55 bits per heavy atom. The summed E-state index contributed by atoms with van der Waals surface area (Å²) in [6.45, 7) is 2.66. The second kappa shape index (κ2) is 5.21. The Balaban J connectivity index is 1.88. The standard InChI is InChI=1S/C11H13BrN4O2S2/c1-7-5-9(19-10(7)12)20(17,18)15-8-3-2-4-16-11(8)13-6-14-16/h5-6,8,15H,2-4H2,1H3/t8-/m0/s1. The maximum Gasteiger partial charge on any atom is 0.250 e. The van der Waals surface area contributed by atoms with Crippen molar-refractivity contribution in [3.05, 3.63) is 27.6 Å². The summed E-state index contributed by atoms with van der Waals surface area (Å²) in [6.07, 6.45) is 3.09. The Bertz CT molecular complexity index is 718. The van der Waals surface area contributed by atoms with E-state index in [4.69, 9.17) is 0 Å². The molecule has 0 radical (unpaired) electrons. The number of hydrogen-bond acceptors (Lipinski definition) is 5. The summed E-state index contributed by atoms with van der Waals surface area (Å²) in [6, 6.07) is 1.36. The molecule has 1 aliphatic rings. The maximum absolute atomic E-state index is 12.4. The van der Waals surface area contributed by atoms with E-state index in [0.717, 1.165) is 28.7 Å². The van der Waals surface area contributed by atoms with Crippen LogP contribution in [-0.4, -0.2) is 23.2 Å². The molecule has 2 aromatic rings. The van der Waals surface area contributed by atoms with Crippen molar-refractivity contribution in [2.45, 2.75) is 36.6 Å². The van der Waals surface area contributed by atoms with Crippen LogP contribution in [0.5, 0.6) is 0 Å². The topological polar surface area (TPSA) is 76.9 Å². The molecule has 1 atom stereocenters. The second-order valence-corrected chi connectivity index (χ2v) is 8.99. The Kier molecular flexibility index (Phi) is 3.69. The third kappa shape index (κ3) is 2.54. The van der Waals surface area contributed by atoms with Gasteiger partial charge in [-0.15, -0.1) is 11.3 Å². The number of fused-ring (bicyclic) bond motifs is 1. The summed E-state index contributed by atoms with van der Waals surface area (Å²) >= 11 is 4.57. The van der Waals surface area contributed by atoms with Crippen LogP contribution in [0.25, 0.3) is 0 Å². The number of aromatic nitrogens is 3. The van der Waals surface area contributed by atoms with Crippen molar-refractivity contribution < 1.29 is 8.42 Å². The largest absolute Gasteiger partial charge is 0.250 e. The molecule has 3 rings (SSSR count). The van der Waals surface area contributed by atoms with Crippen LogP contribution in [0.15, 0.2) is 20.4 Å². The van der Waals surface area contributed by atoms with E-state index in [0.29, 0.717) is 10.0 Å². The van der Waals surface area contributed by atoms with E-state index in [1.807, 2.05) is 6.92 Å². The number of nitrogens with one attached hydrogen (secondary N) is 1. The number of rotatable bonds is 3. The Morgan fingerprint density at radius 2 is 2.35 bits per heavy atom. The lowest BCUT2D eigenvalue weighted by Gasteiger charge is -2.22. The molecule has 0 aromatic carbocycles.